The molecule has 0 saturated carbocycles. The molecule has 4 aromatic rings. The van der Waals surface area contributed by atoms with E-state index in [9.17, 15) is 9.59 Å². The van der Waals surface area contributed by atoms with Crippen LogP contribution in [0.3, 0.4) is 0 Å². The molecular weight excluding hydrogens is 664 g/mol. The van der Waals surface area contributed by atoms with Gasteiger partial charge in [-0.2, -0.15) is 0 Å². The Hall–Kier alpha value is -5.90. The van der Waals surface area contributed by atoms with E-state index in [1.54, 1.807) is 54.8 Å². The largest absolute Gasteiger partial charge is 0.497 e. The van der Waals surface area contributed by atoms with Gasteiger partial charge in [-0.15, -0.1) is 0 Å². The first kappa shape index (κ1) is 38.9. The topological polar surface area (TPSA) is 108 Å². The summed E-state index contributed by atoms with van der Waals surface area (Å²) >= 11 is 0. The summed E-state index contributed by atoms with van der Waals surface area (Å²) in [5.41, 5.74) is 3.43. The van der Waals surface area contributed by atoms with Crippen LogP contribution in [0.2, 0.25) is 0 Å². The van der Waals surface area contributed by atoms with Crippen LogP contribution in [-0.2, 0) is 31.9 Å². The molecule has 0 aliphatic carbocycles. The van der Waals surface area contributed by atoms with Crippen molar-refractivity contribution in [1.82, 2.24) is 0 Å². The highest BCUT2D eigenvalue weighted by molar-refractivity contribution is 5.87. The van der Waals surface area contributed by atoms with E-state index in [2.05, 4.69) is 0 Å². The highest BCUT2D eigenvalue weighted by Crippen LogP contribution is 2.33. The van der Waals surface area contributed by atoms with Crippen molar-refractivity contribution in [3.05, 3.63) is 119 Å². The summed E-state index contributed by atoms with van der Waals surface area (Å²) in [7, 11) is 9.48. The molecule has 0 heterocycles. The van der Waals surface area contributed by atoms with Crippen LogP contribution in [0.4, 0.5) is 0 Å². The van der Waals surface area contributed by atoms with Gasteiger partial charge in [0.15, 0.2) is 23.0 Å². The Labute approximate surface area is 305 Å². The van der Waals surface area contributed by atoms with Gasteiger partial charge in [-0.3, -0.25) is 0 Å². The lowest BCUT2D eigenvalue weighted by molar-refractivity contribution is -0.143. The van der Waals surface area contributed by atoms with Crippen molar-refractivity contribution < 1.29 is 47.5 Å². The molecule has 0 unspecified atom stereocenters. The normalized spacial score (nSPS) is 12.2. The number of rotatable bonds is 19. The van der Waals surface area contributed by atoms with Gasteiger partial charge in [0.25, 0.3) is 0 Å². The number of hydrogen-bond donors (Lipinski definition) is 0. The predicted octanol–water partition coefficient (Wildman–Crippen LogP) is 7.27. The summed E-state index contributed by atoms with van der Waals surface area (Å²) in [6.07, 6.45) is 7.06. The molecule has 4 aromatic carbocycles. The van der Waals surface area contributed by atoms with Crippen LogP contribution in [0.1, 0.15) is 22.3 Å². The Bertz CT molecular complexity index is 1700. The third-order valence-electron chi connectivity index (χ3n) is 8.45. The smallest absolute Gasteiger partial charge is 0.330 e. The van der Waals surface area contributed by atoms with E-state index in [0.29, 0.717) is 47.3 Å². The van der Waals surface area contributed by atoms with Gasteiger partial charge in [-0.25, -0.2) is 9.59 Å². The number of ether oxygens (including phenoxy) is 8. The number of benzene rings is 4. The standard InChI is InChI=1S/C42H46O10/c1-45-35-11-7-9-29(23-35)15-19-41(43)51-27-33(21-31-13-17-37(47-3)39(25-31)49-5)34(22-32-14-18-38(48-4)40(26-32)50-6)28-52-42(44)20-16-30-10-8-12-36(24-30)46-2/h7-20,23-26,33-34H,21-22,27-28H2,1-6H3/t33-,34-/m0/s1. The molecule has 0 saturated heterocycles. The van der Waals surface area contributed by atoms with Crippen LogP contribution in [0.5, 0.6) is 34.5 Å². The van der Waals surface area contributed by atoms with Crippen molar-refractivity contribution in [3.8, 4) is 34.5 Å². The molecule has 0 amide bonds. The second-order valence-electron chi connectivity index (χ2n) is 11.8. The molecule has 274 valence electrons. The second-order valence-corrected chi connectivity index (χ2v) is 11.8. The van der Waals surface area contributed by atoms with E-state index < -0.39 is 11.9 Å². The molecule has 10 nitrogen and oxygen atoms in total. The summed E-state index contributed by atoms with van der Waals surface area (Å²) < 4.78 is 44.4. The van der Waals surface area contributed by atoms with Crippen LogP contribution in [-0.4, -0.2) is 67.8 Å². The minimum Gasteiger partial charge on any atom is -0.497 e. The number of carbonyl (C=O) groups excluding carboxylic acids is 2. The van der Waals surface area contributed by atoms with Gasteiger partial charge in [0.2, 0.25) is 0 Å². The molecule has 0 aromatic heterocycles. The SMILES string of the molecule is COc1cccc(C=CC(=O)OC[C@H](Cc2ccc(OC)c(OC)c2)[C@H](COC(=O)C=Cc2cccc(OC)c2)Cc2ccc(OC)c(OC)c2)c1. The highest BCUT2D eigenvalue weighted by Gasteiger charge is 2.26. The van der Waals surface area contributed by atoms with Crippen LogP contribution >= 0.6 is 0 Å². The average Bonchev–Trinajstić information content (AvgIpc) is 3.19. The lowest BCUT2D eigenvalue weighted by Gasteiger charge is -2.27. The van der Waals surface area contributed by atoms with Gasteiger partial charge >= 0.3 is 11.9 Å². The lowest BCUT2D eigenvalue weighted by atomic mass is 9.83. The Morgan fingerprint density at radius 3 is 1.27 bits per heavy atom. The molecule has 0 N–H and O–H groups in total. The predicted molar refractivity (Wildman–Crippen MR) is 199 cm³/mol. The zero-order chi connectivity index (χ0) is 37.3. The number of hydrogen-bond acceptors (Lipinski definition) is 10. The fourth-order valence-electron chi connectivity index (χ4n) is 5.64. The third kappa shape index (κ3) is 11.6. The summed E-state index contributed by atoms with van der Waals surface area (Å²) in [6.45, 7) is 0.0928. The molecule has 0 radical (unpaired) electrons. The van der Waals surface area contributed by atoms with Crippen molar-refractivity contribution in [2.24, 2.45) is 11.8 Å². The van der Waals surface area contributed by atoms with E-state index in [0.717, 1.165) is 22.3 Å². The zero-order valence-electron chi connectivity index (χ0n) is 30.5. The Balaban J connectivity index is 1.63. The molecule has 0 aliphatic rings. The second kappa shape index (κ2) is 20.1. The first-order chi connectivity index (χ1) is 25.3. The molecule has 10 heteroatoms. The van der Waals surface area contributed by atoms with Crippen LogP contribution < -0.4 is 28.4 Å². The van der Waals surface area contributed by atoms with Gasteiger partial charge in [0.05, 0.1) is 55.9 Å². The van der Waals surface area contributed by atoms with E-state index in [1.165, 1.54) is 12.2 Å². The molecule has 0 aliphatic heterocycles. The van der Waals surface area contributed by atoms with Gasteiger partial charge in [0.1, 0.15) is 11.5 Å². The first-order valence-electron chi connectivity index (χ1n) is 16.7. The molecule has 0 bridgehead atoms. The minimum absolute atomic E-state index is 0.0464. The highest BCUT2D eigenvalue weighted by atomic mass is 16.5. The Morgan fingerprint density at radius 1 is 0.500 bits per heavy atom. The number of esters is 2. The summed E-state index contributed by atoms with van der Waals surface area (Å²) in [5, 5.41) is 0. The third-order valence-corrected chi connectivity index (χ3v) is 8.45. The van der Waals surface area contributed by atoms with E-state index in [4.69, 9.17) is 37.9 Å². The molecule has 0 fully saturated rings. The fraction of sp³-hybridized carbons (Fsp3) is 0.286. The molecule has 4 rings (SSSR count). The van der Waals surface area contributed by atoms with E-state index >= 15 is 0 Å². The van der Waals surface area contributed by atoms with Crippen LogP contribution in [0.15, 0.2) is 97.1 Å². The molecule has 0 spiro atoms. The van der Waals surface area contributed by atoms with Crippen molar-refractivity contribution >= 4 is 24.1 Å². The van der Waals surface area contributed by atoms with Crippen molar-refractivity contribution in [3.63, 3.8) is 0 Å². The molecule has 2 atom stereocenters. The maximum absolute atomic E-state index is 13.1. The number of carbonyl (C=O) groups is 2. The van der Waals surface area contributed by atoms with Crippen molar-refractivity contribution in [2.45, 2.75) is 12.8 Å². The van der Waals surface area contributed by atoms with Crippen LogP contribution in [0, 0.1) is 11.8 Å². The summed E-state index contributed by atoms with van der Waals surface area (Å²) in [5.74, 6) is 2.07. The van der Waals surface area contributed by atoms with Crippen LogP contribution in [0.25, 0.3) is 12.2 Å². The minimum atomic E-state index is -0.511. The Kier molecular flexibility index (Phi) is 15.0. The Morgan fingerprint density at radius 2 is 0.904 bits per heavy atom. The average molecular weight is 711 g/mol. The van der Waals surface area contributed by atoms with Gasteiger partial charge < -0.3 is 37.9 Å². The lowest BCUT2D eigenvalue weighted by Crippen LogP contribution is -2.30. The van der Waals surface area contributed by atoms with Gasteiger partial charge in [-0.1, -0.05) is 36.4 Å². The summed E-state index contributed by atoms with van der Waals surface area (Å²) in [4.78, 5) is 26.1. The maximum atomic E-state index is 13.1. The van der Waals surface area contributed by atoms with E-state index in [-0.39, 0.29) is 25.0 Å². The fourth-order valence-corrected chi connectivity index (χ4v) is 5.64. The molecular formula is C42H46O10. The first-order valence-corrected chi connectivity index (χ1v) is 16.7. The van der Waals surface area contributed by atoms with Crippen molar-refractivity contribution in [1.29, 1.82) is 0 Å². The number of methoxy groups -OCH3 is 6. The zero-order valence-corrected chi connectivity index (χ0v) is 30.5. The van der Waals surface area contributed by atoms with Gasteiger partial charge in [0, 0.05) is 24.0 Å². The van der Waals surface area contributed by atoms with Crippen molar-refractivity contribution in [2.75, 3.05) is 55.9 Å². The monoisotopic (exact) mass is 710 g/mol. The molecule has 52 heavy (non-hydrogen) atoms. The summed E-state index contributed by atoms with van der Waals surface area (Å²) in [6, 6.07) is 26.0. The van der Waals surface area contributed by atoms with Gasteiger partial charge in [-0.05, 0) is 95.8 Å². The maximum Gasteiger partial charge on any atom is 0.330 e. The van der Waals surface area contributed by atoms with E-state index in [1.807, 2.05) is 84.9 Å². The quantitative estimate of drug-likeness (QED) is 0.0729.